The number of halogens is 5. The first kappa shape index (κ1) is 14.0. The second-order valence-electron chi connectivity index (χ2n) is 3.46. The molecular formula is C10H10Br2F3N. The minimum atomic E-state index is -4.15. The van der Waals surface area contributed by atoms with Crippen LogP contribution in [0.25, 0.3) is 0 Å². The summed E-state index contributed by atoms with van der Waals surface area (Å²) in [7, 11) is 0. The highest BCUT2D eigenvalue weighted by atomic mass is 79.9. The van der Waals surface area contributed by atoms with Crippen LogP contribution in [0.2, 0.25) is 0 Å². The summed E-state index contributed by atoms with van der Waals surface area (Å²) in [5, 5.41) is 0. The zero-order valence-electron chi connectivity index (χ0n) is 8.19. The van der Waals surface area contributed by atoms with Gasteiger partial charge < -0.3 is 5.73 Å². The Hall–Kier alpha value is -0.0700. The first-order valence-electron chi connectivity index (χ1n) is 4.56. The zero-order chi connectivity index (χ0) is 12.3. The maximum Gasteiger partial charge on any atom is 0.389 e. The molecule has 0 saturated carbocycles. The Morgan fingerprint density at radius 3 is 2.06 bits per heavy atom. The number of alkyl halides is 3. The second kappa shape index (κ2) is 5.51. The van der Waals surface area contributed by atoms with Crippen LogP contribution >= 0.6 is 31.9 Å². The van der Waals surface area contributed by atoms with E-state index in [1.54, 1.807) is 18.2 Å². The van der Waals surface area contributed by atoms with Crippen LogP contribution in [0.1, 0.15) is 24.4 Å². The van der Waals surface area contributed by atoms with E-state index in [4.69, 9.17) is 5.73 Å². The lowest BCUT2D eigenvalue weighted by atomic mass is 10.0. The second-order valence-corrected chi connectivity index (χ2v) is 5.29. The molecule has 0 fully saturated rings. The first-order chi connectivity index (χ1) is 7.28. The summed E-state index contributed by atoms with van der Waals surface area (Å²) in [6, 6.07) is 4.66. The predicted molar refractivity (Wildman–Crippen MR) is 64.1 cm³/mol. The van der Waals surface area contributed by atoms with Crippen LogP contribution in [-0.4, -0.2) is 6.18 Å². The van der Waals surface area contributed by atoms with Gasteiger partial charge in [-0.3, -0.25) is 0 Å². The maximum atomic E-state index is 12.0. The number of rotatable bonds is 3. The van der Waals surface area contributed by atoms with Crippen molar-refractivity contribution < 1.29 is 13.2 Å². The van der Waals surface area contributed by atoms with Crippen molar-refractivity contribution in [1.82, 2.24) is 0 Å². The Bertz CT molecular complexity index is 345. The maximum absolute atomic E-state index is 12.0. The average molecular weight is 361 g/mol. The Balaban J connectivity index is 2.69. The summed E-state index contributed by atoms with van der Waals surface area (Å²) in [6.45, 7) is 0. The summed E-state index contributed by atoms with van der Waals surface area (Å²) in [6.07, 6.45) is -5.12. The van der Waals surface area contributed by atoms with Gasteiger partial charge in [-0.15, -0.1) is 0 Å². The smallest absolute Gasteiger partial charge is 0.324 e. The molecule has 16 heavy (non-hydrogen) atoms. The predicted octanol–water partition coefficient (Wildman–Crippen LogP) is 4.55. The van der Waals surface area contributed by atoms with E-state index in [9.17, 15) is 13.2 Å². The molecular weight excluding hydrogens is 351 g/mol. The summed E-state index contributed by atoms with van der Waals surface area (Å²) in [5.74, 6) is 0. The SMILES string of the molecule is N[C@@H](CCC(F)(F)F)c1cc(Br)cc(Br)c1. The van der Waals surface area contributed by atoms with Crippen LogP contribution in [0.5, 0.6) is 0 Å². The van der Waals surface area contributed by atoms with E-state index >= 15 is 0 Å². The molecule has 0 amide bonds. The molecule has 0 aliphatic carbocycles. The molecule has 0 saturated heterocycles. The first-order valence-corrected chi connectivity index (χ1v) is 6.15. The molecule has 1 aromatic carbocycles. The van der Waals surface area contributed by atoms with E-state index in [2.05, 4.69) is 31.9 Å². The Labute approximate surface area is 108 Å². The monoisotopic (exact) mass is 359 g/mol. The van der Waals surface area contributed by atoms with Crippen molar-refractivity contribution in [3.63, 3.8) is 0 Å². The van der Waals surface area contributed by atoms with E-state index in [-0.39, 0.29) is 6.42 Å². The molecule has 1 aromatic rings. The number of hydrogen-bond acceptors (Lipinski definition) is 1. The van der Waals surface area contributed by atoms with Gasteiger partial charge in [0.1, 0.15) is 0 Å². The van der Waals surface area contributed by atoms with Crippen molar-refractivity contribution in [2.75, 3.05) is 0 Å². The van der Waals surface area contributed by atoms with Gasteiger partial charge in [-0.2, -0.15) is 13.2 Å². The van der Waals surface area contributed by atoms with Gasteiger partial charge in [0, 0.05) is 21.4 Å². The molecule has 1 nitrogen and oxygen atoms in total. The van der Waals surface area contributed by atoms with E-state index in [1.807, 2.05) is 0 Å². The largest absolute Gasteiger partial charge is 0.389 e. The Morgan fingerprint density at radius 2 is 1.62 bits per heavy atom. The topological polar surface area (TPSA) is 26.0 Å². The lowest BCUT2D eigenvalue weighted by Crippen LogP contribution is -2.15. The zero-order valence-corrected chi connectivity index (χ0v) is 11.4. The molecule has 0 aliphatic heterocycles. The van der Waals surface area contributed by atoms with Crippen molar-refractivity contribution in [1.29, 1.82) is 0 Å². The van der Waals surface area contributed by atoms with E-state index < -0.39 is 18.6 Å². The standard InChI is InChI=1S/C10H10Br2F3N/c11-7-3-6(4-8(12)5-7)9(16)1-2-10(13,14)15/h3-5,9H,1-2,16H2/t9-/m0/s1. The highest BCUT2D eigenvalue weighted by Crippen LogP contribution is 2.29. The van der Waals surface area contributed by atoms with Crippen molar-refractivity contribution >= 4 is 31.9 Å². The highest BCUT2D eigenvalue weighted by molar-refractivity contribution is 9.11. The molecule has 0 aliphatic rings. The molecule has 0 spiro atoms. The van der Waals surface area contributed by atoms with Gasteiger partial charge in [0.2, 0.25) is 0 Å². The lowest BCUT2D eigenvalue weighted by Gasteiger charge is -2.14. The van der Waals surface area contributed by atoms with Gasteiger partial charge in [0.05, 0.1) is 0 Å². The molecule has 2 N–H and O–H groups in total. The molecule has 0 heterocycles. The van der Waals surface area contributed by atoms with Crippen LogP contribution in [0.4, 0.5) is 13.2 Å². The number of hydrogen-bond donors (Lipinski definition) is 1. The summed E-state index contributed by atoms with van der Waals surface area (Å²) < 4.78 is 37.6. The minimum Gasteiger partial charge on any atom is -0.324 e. The molecule has 6 heteroatoms. The fourth-order valence-corrected chi connectivity index (χ4v) is 2.60. The van der Waals surface area contributed by atoms with Crippen molar-refractivity contribution in [3.8, 4) is 0 Å². The third-order valence-electron chi connectivity index (χ3n) is 2.05. The van der Waals surface area contributed by atoms with Gasteiger partial charge in [-0.05, 0) is 30.2 Å². The quantitative estimate of drug-likeness (QED) is 0.840. The molecule has 0 radical (unpaired) electrons. The van der Waals surface area contributed by atoms with Crippen LogP contribution in [0.15, 0.2) is 27.1 Å². The van der Waals surface area contributed by atoms with Gasteiger partial charge >= 0.3 is 6.18 Å². The molecule has 1 rings (SSSR count). The van der Waals surface area contributed by atoms with Crippen LogP contribution in [0.3, 0.4) is 0 Å². The fourth-order valence-electron chi connectivity index (χ4n) is 1.28. The summed E-state index contributed by atoms with van der Waals surface area (Å²) >= 11 is 6.53. The molecule has 0 aromatic heterocycles. The molecule has 1 atom stereocenters. The molecule has 0 unspecified atom stereocenters. The van der Waals surface area contributed by atoms with Gasteiger partial charge in [-0.1, -0.05) is 31.9 Å². The number of nitrogens with two attached hydrogens (primary N) is 1. The van der Waals surface area contributed by atoms with Gasteiger partial charge in [0.15, 0.2) is 0 Å². The van der Waals surface area contributed by atoms with Gasteiger partial charge in [0.25, 0.3) is 0 Å². The Kier molecular flexibility index (Phi) is 4.82. The summed E-state index contributed by atoms with van der Waals surface area (Å²) in [5.41, 5.74) is 6.38. The third kappa shape index (κ3) is 4.84. The molecule has 0 bridgehead atoms. The third-order valence-corrected chi connectivity index (χ3v) is 2.97. The van der Waals surface area contributed by atoms with E-state index in [0.717, 1.165) is 8.95 Å². The average Bonchev–Trinajstić information content (AvgIpc) is 2.11. The fraction of sp³-hybridized carbons (Fsp3) is 0.400. The number of benzene rings is 1. The summed E-state index contributed by atoms with van der Waals surface area (Å²) in [4.78, 5) is 0. The van der Waals surface area contributed by atoms with Crippen LogP contribution in [0, 0.1) is 0 Å². The van der Waals surface area contributed by atoms with Crippen LogP contribution < -0.4 is 5.73 Å². The van der Waals surface area contributed by atoms with Gasteiger partial charge in [-0.25, -0.2) is 0 Å². The van der Waals surface area contributed by atoms with Crippen molar-refractivity contribution in [2.45, 2.75) is 25.1 Å². The Morgan fingerprint density at radius 1 is 1.12 bits per heavy atom. The normalized spacial score (nSPS) is 13.9. The van der Waals surface area contributed by atoms with E-state index in [1.165, 1.54) is 0 Å². The van der Waals surface area contributed by atoms with E-state index in [0.29, 0.717) is 5.56 Å². The van der Waals surface area contributed by atoms with Crippen molar-refractivity contribution in [2.24, 2.45) is 5.73 Å². The lowest BCUT2D eigenvalue weighted by molar-refractivity contribution is -0.136. The minimum absolute atomic E-state index is 0.105. The van der Waals surface area contributed by atoms with Crippen molar-refractivity contribution in [3.05, 3.63) is 32.7 Å². The van der Waals surface area contributed by atoms with Crippen LogP contribution in [-0.2, 0) is 0 Å². The highest BCUT2D eigenvalue weighted by Gasteiger charge is 2.27. The molecule has 90 valence electrons.